The van der Waals surface area contributed by atoms with Crippen LogP contribution in [-0.2, 0) is 4.79 Å². The highest BCUT2D eigenvalue weighted by atomic mass is 19.1. The number of primary amides is 1. The molecule has 0 saturated carbocycles. The molecule has 0 aliphatic rings. The highest BCUT2D eigenvalue weighted by Gasteiger charge is 2.15. The highest BCUT2D eigenvalue weighted by Crippen LogP contribution is 2.20. The van der Waals surface area contributed by atoms with Gasteiger partial charge in [0.2, 0.25) is 0 Å². The summed E-state index contributed by atoms with van der Waals surface area (Å²) in [6.07, 6.45) is 0.178. The van der Waals surface area contributed by atoms with Gasteiger partial charge >= 0.3 is 5.97 Å². The number of hydrogen-bond donors (Lipinski definition) is 3. The Morgan fingerprint density at radius 2 is 2.00 bits per heavy atom. The van der Waals surface area contributed by atoms with Crippen LogP contribution in [0, 0.1) is 11.6 Å². The van der Waals surface area contributed by atoms with Crippen LogP contribution >= 0.6 is 0 Å². The molecule has 0 fully saturated rings. The lowest BCUT2D eigenvalue weighted by Crippen LogP contribution is -2.19. The van der Waals surface area contributed by atoms with Crippen molar-refractivity contribution in [3.63, 3.8) is 0 Å². The number of nitrogens with one attached hydrogen (secondary N) is 1. The molecule has 1 aromatic carbocycles. The maximum atomic E-state index is 13.5. The zero-order valence-corrected chi connectivity index (χ0v) is 10.2. The smallest absolute Gasteiger partial charge is 0.303 e. The minimum atomic E-state index is -1.03. The van der Waals surface area contributed by atoms with E-state index in [1.165, 1.54) is 0 Å². The molecule has 4 N–H and O–H groups in total. The van der Waals surface area contributed by atoms with Crippen molar-refractivity contribution in [1.82, 2.24) is 0 Å². The second-order valence-electron chi connectivity index (χ2n) is 4.15. The van der Waals surface area contributed by atoms with Crippen LogP contribution in [0.5, 0.6) is 0 Å². The molecule has 1 amide bonds. The molecule has 0 heterocycles. The fourth-order valence-corrected chi connectivity index (χ4v) is 1.53. The summed E-state index contributed by atoms with van der Waals surface area (Å²) in [6, 6.07) is 1.19. The Labute approximate surface area is 108 Å². The molecule has 0 aliphatic heterocycles. The third-order valence-corrected chi connectivity index (χ3v) is 2.52. The SMILES string of the molecule is CC(CCC(=O)O)Nc1cc(C(N)=O)c(F)cc1F. The van der Waals surface area contributed by atoms with Gasteiger partial charge in [0.15, 0.2) is 0 Å². The van der Waals surface area contributed by atoms with Gasteiger partial charge in [-0.15, -0.1) is 0 Å². The van der Waals surface area contributed by atoms with Crippen LogP contribution in [0.4, 0.5) is 14.5 Å². The number of aliphatic carboxylic acids is 1. The summed E-state index contributed by atoms with van der Waals surface area (Å²) in [7, 11) is 0. The van der Waals surface area contributed by atoms with Crippen LogP contribution in [0.3, 0.4) is 0 Å². The van der Waals surface area contributed by atoms with E-state index in [-0.39, 0.29) is 24.6 Å². The van der Waals surface area contributed by atoms with Gasteiger partial charge in [0.1, 0.15) is 11.6 Å². The van der Waals surface area contributed by atoms with E-state index in [4.69, 9.17) is 10.8 Å². The summed E-state index contributed by atoms with van der Waals surface area (Å²) in [5, 5.41) is 11.2. The van der Waals surface area contributed by atoms with Crippen molar-refractivity contribution in [2.75, 3.05) is 5.32 Å². The van der Waals surface area contributed by atoms with E-state index in [1.54, 1.807) is 6.92 Å². The average molecular weight is 272 g/mol. The van der Waals surface area contributed by atoms with Gasteiger partial charge in [-0.1, -0.05) is 0 Å². The normalized spacial score (nSPS) is 11.9. The zero-order valence-electron chi connectivity index (χ0n) is 10.2. The van der Waals surface area contributed by atoms with Crippen LogP contribution < -0.4 is 11.1 Å². The first-order valence-corrected chi connectivity index (χ1v) is 5.58. The molecule has 1 rings (SSSR count). The van der Waals surface area contributed by atoms with Gasteiger partial charge in [-0.05, 0) is 19.4 Å². The monoisotopic (exact) mass is 272 g/mol. The minimum Gasteiger partial charge on any atom is -0.481 e. The van der Waals surface area contributed by atoms with Gasteiger partial charge in [0.05, 0.1) is 11.3 Å². The number of benzene rings is 1. The summed E-state index contributed by atoms with van der Waals surface area (Å²) < 4.78 is 26.7. The number of nitrogens with two attached hydrogens (primary N) is 1. The molecule has 0 aromatic heterocycles. The lowest BCUT2D eigenvalue weighted by atomic mass is 10.1. The molecule has 0 bridgehead atoms. The molecule has 19 heavy (non-hydrogen) atoms. The number of halogens is 2. The number of anilines is 1. The van der Waals surface area contributed by atoms with Crippen LogP contribution in [0.15, 0.2) is 12.1 Å². The molecule has 0 saturated heterocycles. The summed E-state index contributed by atoms with van der Waals surface area (Å²) in [6.45, 7) is 1.65. The number of carbonyl (C=O) groups excluding carboxylic acids is 1. The molecule has 0 spiro atoms. The van der Waals surface area contributed by atoms with E-state index in [9.17, 15) is 18.4 Å². The van der Waals surface area contributed by atoms with Crippen LogP contribution in [-0.4, -0.2) is 23.0 Å². The fraction of sp³-hybridized carbons (Fsp3) is 0.333. The predicted octanol–water partition coefficient (Wildman–Crippen LogP) is 1.73. The molecule has 5 nitrogen and oxygen atoms in total. The molecule has 1 unspecified atom stereocenters. The Balaban J connectivity index is 2.85. The second-order valence-corrected chi connectivity index (χ2v) is 4.15. The Bertz CT molecular complexity index is 506. The molecular formula is C12H14F2N2O3. The predicted molar refractivity (Wildman–Crippen MR) is 64.8 cm³/mol. The van der Waals surface area contributed by atoms with Gasteiger partial charge in [0, 0.05) is 18.5 Å². The van der Waals surface area contributed by atoms with E-state index in [2.05, 4.69) is 5.32 Å². The quantitative estimate of drug-likeness (QED) is 0.735. The van der Waals surface area contributed by atoms with E-state index < -0.39 is 29.1 Å². The van der Waals surface area contributed by atoms with Gasteiger partial charge in [-0.25, -0.2) is 8.78 Å². The average Bonchev–Trinajstić information content (AvgIpc) is 2.29. The van der Waals surface area contributed by atoms with Gasteiger partial charge in [-0.2, -0.15) is 0 Å². The largest absolute Gasteiger partial charge is 0.481 e. The topological polar surface area (TPSA) is 92.4 Å². The van der Waals surface area contributed by atoms with Gasteiger partial charge in [-0.3, -0.25) is 9.59 Å². The van der Waals surface area contributed by atoms with Crippen molar-refractivity contribution >= 4 is 17.6 Å². The Morgan fingerprint density at radius 1 is 1.37 bits per heavy atom. The summed E-state index contributed by atoms with van der Waals surface area (Å²) >= 11 is 0. The lowest BCUT2D eigenvalue weighted by molar-refractivity contribution is -0.137. The minimum absolute atomic E-state index is 0.0837. The Morgan fingerprint density at radius 3 is 2.53 bits per heavy atom. The van der Waals surface area contributed by atoms with Crippen molar-refractivity contribution in [2.45, 2.75) is 25.8 Å². The Hall–Kier alpha value is -2.18. The molecule has 7 heteroatoms. The van der Waals surface area contributed by atoms with Crippen molar-refractivity contribution in [3.8, 4) is 0 Å². The van der Waals surface area contributed by atoms with Gasteiger partial charge < -0.3 is 16.2 Å². The van der Waals surface area contributed by atoms with Crippen molar-refractivity contribution in [2.24, 2.45) is 5.73 Å². The molecule has 0 radical (unpaired) electrons. The van der Waals surface area contributed by atoms with Crippen molar-refractivity contribution < 1.29 is 23.5 Å². The Kier molecular flexibility index (Phi) is 4.80. The van der Waals surface area contributed by atoms with Crippen LogP contribution in [0.1, 0.15) is 30.1 Å². The number of carboxylic acids is 1. The summed E-state index contributed by atoms with van der Waals surface area (Å²) in [5.41, 5.74) is 4.44. The van der Waals surface area contributed by atoms with E-state index in [0.29, 0.717) is 6.07 Å². The van der Waals surface area contributed by atoms with Crippen LogP contribution in [0.25, 0.3) is 0 Å². The first-order valence-electron chi connectivity index (χ1n) is 5.58. The molecule has 1 aromatic rings. The second kappa shape index (κ2) is 6.12. The highest BCUT2D eigenvalue weighted by molar-refractivity contribution is 5.94. The van der Waals surface area contributed by atoms with E-state index >= 15 is 0 Å². The first kappa shape index (κ1) is 14.9. The summed E-state index contributed by atoms with van der Waals surface area (Å²) in [5.74, 6) is -3.87. The standard InChI is InChI=1S/C12H14F2N2O3/c1-6(2-3-11(17)18)16-10-4-7(12(15)19)8(13)5-9(10)14/h4-6,16H,2-3H2,1H3,(H2,15,19)(H,17,18). The molecule has 0 aliphatic carbocycles. The molecule has 104 valence electrons. The molecule has 1 atom stereocenters. The maximum absolute atomic E-state index is 13.5. The molecular weight excluding hydrogens is 258 g/mol. The fourth-order valence-electron chi connectivity index (χ4n) is 1.53. The third-order valence-electron chi connectivity index (χ3n) is 2.52. The van der Waals surface area contributed by atoms with E-state index in [0.717, 1.165) is 6.07 Å². The summed E-state index contributed by atoms with van der Waals surface area (Å²) in [4.78, 5) is 21.3. The number of carboxylic acid groups (broad SMARTS) is 1. The number of hydrogen-bond acceptors (Lipinski definition) is 3. The van der Waals surface area contributed by atoms with Crippen LogP contribution in [0.2, 0.25) is 0 Å². The maximum Gasteiger partial charge on any atom is 0.303 e. The zero-order chi connectivity index (χ0) is 14.6. The van der Waals surface area contributed by atoms with Crippen molar-refractivity contribution in [1.29, 1.82) is 0 Å². The van der Waals surface area contributed by atoms with E-state index in [1.807, 2.05) is 0 Å². The van der Waals surface area contributed by atoms with Crippen molar-refractivity contribution in [3.05, 3.63) is 29.3 Å². The third kappa shape index (κ3) is 4.20. The number of rotatable bonds is 6. The van der Waals surface area contributed by atoms with Gasteiger partial charge in [0.25, 0.3) is 5.91 Å². The number of carbonyl (C=O) groups is 2. The lowest BCUT2D eigenvalue weighted by Gasteiger charge is -2.15. The first-order chi connectivity index (χ1) is 8.81. The number of amides is 1.